The highest BCUT2D eigenvalue weighted by atomic mass is 16.3. The number of piperidine rings is 1. The zero-order valence-electron chi connectivity index (χ0n) is 15.5. The van der Waals surface area contributed by atoms with Crippen molar-refractivity contribution < 1.29 is 14.0 Å². The number of furan rings is 1. The molecule has 0 radical (unpaired) electrons. The maximum atomic E-state index is 13.1. The molecule has 2 N–H and O–H groups in total. The second-order valence-electron chi connectivity index (χ2n) is 7.40. The Kier molecular flexibility index (Phi) is 4.99. The summed E-state index contributed by atoms with van der Waals surface area (Å²) in [5.41, 5.74) is 2.20. The lowest BCUT2D eigenvalue weighted by Crippen LogP contribution is -2.58. The average molecular weight is 367 g/mol. The Morgan fingerprint density at radius 2 is 2.00 bits per heavy atom. The van der Waals surface area contributed by atoms with Crippen LogP contribution in [0.1, 0.15) is 41.4 Å². The van der Waals surface area contributed by atoms with Gasteiger partial charge in [0.1, 0.15) is 6.04 Å². The van der Waals surface area contributed by atoms with Gasteiger partial charge in [-0.15, -0.1) is 0 Å². The summed E-state index contributed by atoms with van der Waals surface area (Å²) in [6.45, 7) is 3.48. The Morgan fingerprint density at radius 3 is 2.74 bits per heavy atom. The van der Waals surface area contributed by atoms with E-state index in [2.05, 4.69) is 17.6 Å². The fourth-order valence-electron chi connectivity index (χ4n) is 4.03. The predicted octanol–water partition coefficient (Wildman–Crippen LogP) is 2.10. The minimum atomic E-state index is -0.536. The number of carbonyl (C=O) groups is 2. The fourth-order valence-corrected chi connectivity index (χ4v) is 4.03. The average Bonchev–Trinajstić information content (AvgIpc) is 3.23. The van der Waals surface area contributed by atoms with Crippen LogP contribution >= 0.6 is 0 Å². The number of benzene rings is 1. The molecule has 4 rings (SSSR count). The Bertz CT molecular complexity index is 818. The monoisotopic (exact) mass is 367 g/mol. The first-order valence-electron chi connectivity index (χ1n) is 9.58. The molecule has 6 heteroatoms. The van der Waals surface area contributed by atoms with E-state index in [1.165, 1.54) is 6.26 Å². The Morgan fingerprint density at radius 1 is 1.19 bits per heavy atom. The van der Waals surface area contributed by atoms with Crippen LogP contribution < -0.4 is 10.6 Å². The molecule has 1 saturated heterocycles. The number of carbonyl (C=O) groups excluding carboxylic acids is 2. The van der Waals surface area contributed by atoms with Gasteiger partial charge in [-0.1, -0.05) is 24.3 Å². The lowest BCUT2D eigenvalue weighted by molar-refractivity contribution is -0.127. The van der Waals surface area contributed by atoms with Crippen molar-refractivity contribution in [3.63, 3.8) is 0 Å². The molecule has 3 atom stereocenters. The molecule has 1 aromatic carbocycles. The Hall–Kier alpha value is -2.60. The van der Waals surface area contributed by atoms with Crippen molar-refractivity contribution in [3.8, 4) is 0 Å². The first kappa shape index (κ1) is 17.8. The first-order valence-corrected chi connectivity index (χ1v) is 9.58. The summed E-state index contributed by atoms with van der Waals surface area (Å²) in [5.74, 6) is -0.0747. The maximum Gasteiger partial charge on any atom is 0.290 e. The van der Waals surface area contributed by atoms with E-state index in [4.69, 9.17) is 4.42 Å². The Balaban J connectivity index is 1.58. The number of fused-ring (bicyclic) bond motifs is 1. The number of rotatable bonds is 3. The molecule has 27 heavy (non-hydrogen) atoms. The van der Waals surface area contributed by atoms with Gasteiger partial charge in [-0.25, -0.2) is 0 Å². The van der Waals surface area contributed by atoms with Crippen LogP contribution in [0.3, 0.4) is 0 Å². The third kappa shape index (κ3) is 3.62. The molecule has 142 valence electrons. The van der Waals surface area contributed by atoms with Crippen LogP contribution in [0.15, 0.2) is 47.1 Å². The highest BCUT2D eigenvalue weighted by Gasteiger charge is 2.37. The van der Waals surface area contributed by atoms with Gasteiger partial charge in [-0.05, 0) is 49.6 Å². The summed E-state index contributed by atoms with van der Waals surface area (Å²) >= 11 is 0. The molecular weight excluding hydrogens is 342 g/mol. The van der Waals surface area contributed by atoms with Crippen LogP contribution in [0, 0.1) is 0 Å². The van der Waals surface area contributed by atoms with Crippen molar-refractivity contribution in [1.82, 2.24) is 15.5 Å². The molecule has 0 bridgehead atoms. The molecule has 1 aromatic heterocycles. The number of amides is 2. The smallest absolute Gasteiger partial charge is 0.290 e. The van der Waals surface area contributed by atoms with Gasteiger partial charge in [0.15, 0.2) is 5.76 Å². The van der Waals surface area contributed by atoms with E-state index < -0.39 is 6.04 Å². The van der Waals surface area contributed by atoms with Crippen LogP contribution in [-0.2, 0) is 17.8 Å². The standard InChI is InChI=1S/C21H25N3O3/c1-14-17(8-4-10-22-14)23-20(25)18-12-15-6-2-3-7-16(15)13-24(18)21(26)19-9-5-11-27-19/h2-3,5-7,9,11,14,17-18,22H,4,8,10,12-13H2,1H3,(H,23,25). The molecule has 1 fully saturated rings. The minimum Gasteiger partial charge on any atom is -0.459 e. The molecule has 3 unspecified atom stereocenters. The van der Waals surface area contributed by atoms with Gasteiger partial charge < -0.3 is 20.0 Å². The third-order valence-corrected chi connectivity index (χ3v) is 5.63. The highest BCUT2D eigenvalue weighted by Crippen LogP contribution is 2.25. The molecule has 3 heterocycles. The lowest BCUT2D eigenvalue weighted by atomic mass is 9.92. The summed E-state index contributed by atoms with van der Waals surface area (Å²) < 4.78 is 5.30. The summed E-state index contributed by atoms with van der Waals surface area (Å²) in [5, 5.41) is 6.58. The van der Waals surface area contributed by atoms with Gasteiger partial charge in [-0.2, -0.15) is 0 Å². The largest absolute Gasteiger partial charge is 0.459 e. The molecule has 0 saturated carbocycles. The maximum absolute atomic E-state index is 13.1. The number of nitrogens with zero attached hydrogens (tertiary/aromatic N) is 1. The topological polar surface area (TPSA) is 74.6 Å². The van der Waals surface area contributed by atoms with E-state index in [1.54, 1.807) is 17.0 Å². The van der Waals surface area contributed by atoms with Crippen LogP contribution in [0.2, 0.25) is 0 Å². The second kappa shape index (κ2) is 7.56. The van der Waals surface area contributed by atoms with E-state index in [1.807, 2.05) is 24.3 Å². The van der Waals surface area contributed by atoms with Gasteiger partial charge in [0, 0.05) is 25.0 Å². The van der Waals surface area contributed by atoms with Gasteiger partial charge in [0.05, 0.1) is 6.26 Å². The summed E-state index contributed by atoms with van der Waals surface area (Å²) in [4.78, 5) is 27.8. The van der Waals surface area contributed by atoms with Crippen LogP contribution in [0.5, 0.6) is 0 Å². The quantitative estimate of drug-likeness (QED) is 0.871. The van der Waals surface area contributed by atoms with Crippen LogP contribution in [-0.4, -0.2) is 41.4 Å². The van der Waals surface area contributed by atoms with Crippen molar-refractivity contribution in [2.24, 2.45) is 0 Å². The number of hydrogen-bond donors (Lipinski definition) is 2. The van der Waals surface area contributed by atoms with Crippen molar-refractivity contribution in [2.45, 2.75) is 50.9 Å². The molecule has 2 aliphatic rings. The second-order valence-corrected chi connectivity index (χ2v) is 7.40. The zero-order chi connectivity index (χ0) is 18.8. The SMILES string of the molecule is CC1NCCCC1NC(=O)C1Cc2ccccc2CN1C(=O)c1ccco1. The predicted molar refractivity (Wildman–Crippen MR) is 101 cm³/mol. The van der Waals surface area contributed by atoms with Gasteiger partial charge in [-0.3, -0.25) is 9.59 Å². The number of nitrogens with one attached hydrogen (secondary N) is 2. The molecule has 0 spiro atoms. The Labute approximate surface area is 158 Å². The summed E-state index contributed by atoms with van der Waals surface area (Å²) in [6, 6.07) is 11.1. The summed E-state index contributed by atoms with van der Waals surface area (Å²) in [7, 11) is 0. The van der Waals surface area contributed by atoms with Crippen LogP contribution in [0.4, 0.5) is 0 Å². The molecule has 2 aliphatic heterocycles. The van der Waals surface area contributed by atoms with E-state index in [9.17, 15) is 9.59 Å². The first-order chi connectivity index (χ1) is 13.1. The molecule has 0 aliphatic carbocycles. The van der Waals surface area contributed by atoms with Crippen molar-refractivity contribution in [1.29, 1.82) is 0 Å². The molecule has 2 aromatic rings. The van der Waals surface area contributed by atoms with Gasteiger partial charge in [0.25, 0.3) is 5.91 Å². The van der Waals surface area contributed by atoms with Gasteiger partial charge in [0.2, 0.25) is 5.91 Å². The normalized spacial score (nSPS) is 24.9. The highest BCUT2D eigenvalue weighted by molar-refractivity contribution is 5.96. The van der Waals surface area contributed by atoms with E-state index in [-0.39, 0.29) is 29.7 Å². The van der Waals surface area contributed by atoms with E-state index >= 15 is 0 Å². The van der Waals surface area contributed by atoms with E-state index in [0.717, 1.165) is 30.5 Å². The number of hydrogen-bond acceptors (Lipinski definition) is 4. The third-order valence-electron chi connectivity index (χ3n) is 5.63. The van der Waals surface area contributed by atoms with Crippen LogP contribution in [0.25, 0.3) is 0 Å². The van der Waals surface area contributed by atoms with E-state index in [0.29, 0.717) is 13.0 Å². The van der Waals surface area contributed by atoms with Crippen molar-refractivity contribution in [2.75, 3.05) is 6.54 Å². The fraction of sp³-hybridized carbons (Fsp3) is 0.429. The van der Waals surface area contributed by atoms with Crippen molar-refractivity contribution in [3.05, 3.63) is 59.5 Å². The minimum absolute atomic E-state index is 0.0870. The molecular formula is C21H25N3O3. The van der Waals surface area contributed by atoms with Crippen molar-refractivity contribution >= 4 is 11.8 Å². The van der Waals surface area contributed by atoms with Gasteiger partial charge >= 0.3 is 0 Å². The lowest BCUT2D eigenvalue weighted by Gasteiger charge is -2.38. The molecule has 6 nitrogen and oxygen atoms in total. The molecule has 2 amide bonds. The zero-order valence-corrected chi connectivity index (χ0v) is 15.5. The summed E-state index contributed by atoms with van der Waals surface area (Å²) in [6.07, 6.45) is 3.99.